The van der Waals surface area contributed by atoms with E-state index in [1.54, 1.807) is 9.47 Å². The molecule has 0 aliphatic carbocycles. The SMILES string of the molecule is CN(C)CCOc1ccccc1-n1c(=O)n(C2CCN(C(N)=O)CC2)c2ccccc21. The molecule has 2 N–H and O–H groups in total. The Bertz CT molecular complexity index is 1130. The fourth-order valence-electron chi connectivity index (χ4n) is 4.20. The van der Waals surface area contributed by atoms with Crippen LogP contribution >= 0.6 is 0 Å². The Morgan fingerprint density at radius 2 is 1.71 bits per heavy atom. The highest BCUT2D eigenvalue weighted by Crippen LogP contribution is 2.29. The summed E-state index contributed by atoms with van der Waals surface area (Å²) in [4.78, 5) is 28.9. The fourth-order valence-corrected chi connectivity index (χ4v) is 4.20. The molecular weight excluding hydrogens is 394 g/mol. The molecule has 0 spiro atoms. The highest BCUT2D eigenvalue weighted by Gasteiger charge is 2.27. The topological polar surface area (TPSA) is 85.7 Å². The number of nitrogens with zero attached hydrogens (tertiary/aromatic N) is 4. The first-order valence-corrected chi connectivity index (χ1v) is 10.6. The van der Waals surface area contributed by atoms with Crippen LogP contribution in [0.1, 0.15) is 18.9 Å². The maximum Gasteiger partial charge on any atom is 0.334 e. The molecule has 0 saturated carbocycles. The zero-order chi connectivity index (χ0) is 22.0. The number of carbonyl (C=O) groups is 1. The zero-order valence-corrected chi connectivity index (χ0v) is 18.0. The number of ether oxygens (including phenoxy) is 1. The second kappa shape index (κ2) is 8.85. The number of urea groups is 1. The molecule has 1 aliphatic heterocycles. The number of likely N-dealkylation sites (N-methyl/N-ethyl adjacent to an activating group) is 1. The summed E-state index contributed by atoms with van der Waals surface area (Å²) < 4.78 is 9.64. The van der Waals surface area contributed by atoms with E-state index in [1.807, 2.05) is 67.2 Å². The van der Waals surface area contributed by atoms with Crippen molar-refractivity contribution in [2.24, 2.45) is 5.73 Å². The molecule has 2 heterocycles. The van der Waals surface area contributed by atoms with Crippen molar-refractivity contribution >= 4 is 17.1 Å². The van der Waals surface area contributed by atoms with E-state index in [0.717, 1.165) is 23.3 Å². The molecule has 4 rings (SSSR count). The lowest BCUT2D eigenvalue weighted by atomic mass is 10.0. The number of piperidine rings is 1. The van der Waals surface area contributed by atoms with Gasteiger partial charge in [0.15, 0.2) is 0 Å². The Morgan fingerprint density at radius 3 is 2.39 bits per heavy atom. The second-order valence-electron chi connectivity index (χ2n) is 8.15. The highest BCUT2D eigenvalue weighted by molar-refractivity contribution is 5.79. The minimum Gasteiger partial charge on any atom is -0.490 e. The number of primary amides is 1. The van der Waals surface area contributed by atoms with Gasteiger partial charge in [0.25, 0.3) is 0 Å². The van der Waals surface area contributed by atoms with E-state index in [4.69, 9.17) is 10.5 Å². The Labute approximate surface area is 181 Å². The Kier molecular flexibility index (Phi) is 5.99. The van der Waals surface area contributed by atoms with Crippen LogP contribution in [0.2, 0.25) is 0 Å². The molecule has 8 heteroatoms. The van der Waals surface area contributed by atoms with E-state index in [-0.39, 0.29) is 11.7 Å². The lowest BCUT2D eigenvalue weighted by Gasteiger charge is -2.31. The Balaban J connectivity index is 1.75. The number of amides is 2. The highest BCUT2D eigenvalue weighted by atomic mass is 16.5. The molecule has 1 fully saturated rings. The number of carbonyl (C=O) groups excluding carboxylic acids is 1. The van der Waals surface area contributed by atoms with Gasteiger partial charge in [-0.3, -0.25) is 9.13 Å². The third-order valence-corrected chi connectivity index (χ3v) is 5.82. The lowest BCUT2D eigenvalue weighted by Crippen LogP contribution is -2.43. The minimum absolute atomic E-state index is 0.0103. The molecule has 1 aliphatic rings. The number of hydrogen-bond acceptors (Lipinski definition) is 4. The van der Waals surface area contributed by atoms with Gasteiger partial charge in [0.2, 0.25) is 0 Å². The van der Waals surface area contributed by atoms with Crippen LogP contribution in [0, 0.1) is 0 Å². The van der Waals surface area contributed by atoms with Crippen molar-refractivity contribution < 1.29 is 9.53 Å². The lowest BCUT2D eigenvalue weighted by molar-refractivity contribution is 0.180. The fraction of sp³-hybridized carbons (Fsp3) is 0.391. The number of para-hydroxylation sites is 4. The number of fused-ring (bicyclic) bond motifs is 1. The standard InChI is InChI=1S/C23H29N5O3/c1-25(2)15-16-31-21-10-6-5-9-20(21)28-19-8-4-3-7-18(19)27(23(28)30)17-11-13-26(14-12-17)22(24)29/h3-10,17H,11-16H2,1-2H3,(H2,24,29). The maximum absolute atomic E-state index is 13.7. The average Bonchev–Trinajstić information content (AvgIpc) is 3.05. The monoisotopic (exact) mass is 423 g/mol. The summed E-state index contributed by atoms with van der Waals surface area (Å²) in [5, 5.41) is 0. The number of hydrogen-bond donors (Lipinski definition) is 1. The van der Waals surface area contributed by atoms with Crippen LogP contribution in [-0.2, 0) is 0 Å². The van der Waals surface area contributed by atoms with Crippen LogP contribution in [0.25, 0.3) is 16.7 Å². The van der Waals surface area contributed by atoms with Crippen LogP contribution < -0.4 is 16.2 Å². The van der Waals surface area contributed by atoms with E-state index in [2.05, 4.69) is 4.90 Å². The van der Waals surface area contributed by atoms with Gasteiger partial charge in [-0.25, -0.2) is 9.59 Å². The second-order valence-corrected chi connectivity index (χ2v) is 8.15. The van der Waals surface area contributed by atoms with Crippen LogP contribution in [0.3, 0.4) is 0 Å². The van der Waals surface area contributed by atoms with Gasteiger partial charge in [0, 0.05) is 25.7 Å². The largest absolute Gasteiger partial charge is 0.490 e. The predicted octanol–water partition coefficient (Wildman–Crippen LogP) is 2.45. The summed E-state index contributed by atoms with van der Waals surface area (Å²) >= 11 is 0. The number of imidazole rings is 1. The van der Waals surface area contributed by atoms with E-state index in [0.29, 0.717) is 38.3 Å². The molecule has 1 saturated heterocycles. The molecular formula is C23H29N5O3. The van der Waals surface area contributed by atoms with Crippen LogP contribution in [0.4, 0.5) is 4.79 Å². The van der Waals surface area contributed by atoms with Gasteiger partial charge in [0.1, 0.15) is 12.4 Å². The molecule has 0 radical (unpaired) electrons. The van der Waals surface area contributed by atoms with Crippen LogP contribution in [-0.4, -0.2) is 65.3 Å². The first kappa shape index (κ1) is 21.0. The number of nitrogens with two attached hydrogens (primary N) is 1. The third-order valence-electron chi connectivity index (χ3n) is 5.82. The van der Waals surface area contributed by atoms with Crippen LogP contribution in [0.5, 0.6) is 5.75 Å². The van der Waals surface area contributed by atoms with Gasteiger partial charge in [0.05, 0.1) is 16.7 Å². The number of likely N-dealkylation sites (tertiary alicyclic amines) is 1. The van der Waals surface area contributed by atoms with Crippen molar-refractivity contribution in [3.8, 4) is 11.4 Å². The van der Waals surface area contributed by atoms with Gasteiger partial charge in [-0.1, -0.05) is 24.3 Å². The molecule has 8 nitrogen and oxygen atoms in total. The van der Waals surface area contributed by atoms with Gasteiger partial charge < -0.3 is 20.3 Å². The third kappa shape index (κ3) is 4.16. The van der Waals surface area contributed by atoms with Crippen molar-refractivity contribution in [3.63, 3.8) is 0 Å². The molecule has 1 aromatic heterocycles. The van der Waals surface area contributed by atoms with Crippen molar-refractivity contribution in [2.45, 2.75) is 18.9 Å². The van der Waals surface area contributed by atoms with Crippen LogP contribution in [0.15, 0.2) is 53.3 Å². The first-order chi connectivity index (χ1) is 15.0. The normalized spacial score (nSPS) is 15.0. The summed E-state index contributed by atoms with van der Waals surface area (Å²) in [5.74, 6) is 0.679. The maximum atomic E-state index is 13.7. The molecule has 0 atom stereocenters. The smallest absolute Gasteiger partial charge is 0.334 e. The zero-order valence-electron chi connectivity index (χ0n) is 18.0. The minimum atomic E-state index is -0.406. The number of aromatic nitrogens is 2. The first-order valence-electron chi connectivity index (χ1n) is 10.6. The van der Waals surface area contributed by atoms with Gasteiger partial charge in [-0.2, -0.15) is 0 Å². The van der Waals surface area contributed by atoms with Gasteiger partial charge in [-0.15, -0.1) is 0 Å². The number of rotatable bonds is 6. The van der Waals surface area contributed by atoms with E-state index >= 15 is 0 Å². The summed E-state index contributed by atoms with van der Waals surface area (Å²) in [6, 6.07) is 15.1. The van der Waals surface area contributed by atoms with Crippen molar-refractivity contribution in [1.29, 1.82) is 0 Å². The average molecular weight is 424 g/mol. The molecule has 0 bridgehead atoms. The molecule has 31 heavy (non-hydrogen) atoms. The van der Waals surface area contributed by atoms with E-state index in [9.17, 15) is 9.59 Å². The van der Waals surface area contributed by atoms with Crippen molar-refractivity contribution in [3.05, 3.63) is 59.0 Å². The van der Waals surface area contributed by atoms with Gasteiger partial charge >= 0.3 is 11.7 Å². The van der Waals surface area contributed by atoms with Gasteiger partial charge in [-0.05, 0) is 51.2 Å². The Morgan fingerprint density at radius 1 is 1.06 bits per heavy atom. The summed E-state index contributed by atoms with van der Waals surface area (Å²) in [7, 11) is 3.99. The Hall–Kier alpha value is -3.26. The van der Waals surface area contributed by atoms with Crippen molar-refractivity contribution in [2.75, 3.05) is 40.3 Å². The summed E-state index contributed by atoms with van der Waals surface area (Å²) in [6.07, 6.45) is 1.38. The number of benzene rings is 2. The predicted molar refractivity (Wildman–Crippen MR) is 121 cm³/mol. The molecule has 3 aromatic rings. The summed E-state index contributed by atoms with van der Waals surface area (Å²) in [5.41, 5.74) is 7.79. The quantitative estimate of drug-likeness (QED) is 0.660. The molecule has 2 aromatic carbocycles. The molecule has 164 valence electrons. The van der Waals surface area contributed by atoms with E-state index < -0.39 is 6.03 Å². The summed E-state index contributed by atoms with van der Waals surface area (Å²) in [6.45, 7) is 2.42. The van der Waals surface area contributed by atoms with E-state index in [1.165, 1.54) is 0 Å². The molecule has 0 unspecified atom stereocenters. The molecule has 2 amide bonds. The van der Waals surface area contributed by atoms with Crippen molar-refractivity contribution in [1.82, 2.24) is 18.9 Å².